The first kappa shape index (κ1) is 19.6. The first-order valence-electron chi connectivity index (χ1n) is 9.71. The van der Waals surface area contributed by atoms with Gasteiger partial charge in [-0.2, -0.15) is 0 Å². The highest BCUT2D eigenvalue weighted by atomic mass is 32.2. The Bertz CT molecular complexity index is 1040. The number of amides is 2. The monoisotopic (exact) mass is 413 g/mol. The molecule has 8 heteroatoms. The molecule has 0 radical (unpaired) electrons. The van der Waals surface area contributed by atoms with Crippen LogP contribution < -0.4 is 15.4 Å². The minimum Gasteiger partial charge on any atom is -0.348 e. The molecule has 2 aromatic rings. The van der Waals surface area contributed by atoms with Crippen LogP contribution in [0.1, 0.15) is 41.6 Å². The third-order valence-electron chi connectivity index (χ3n) is 4.90. The summed E-state index contributed by atoms with van der Waals surface area (Å²) >= 11 is 0. The Morgan fingerprint density at radius 2 is 1.72 bits per heavy atom. The van der Waals surface area contributed by atoms with Crippen LogP contribution in [0, 0.1) is 5.92 Å². The average Bonchev–Trinajstić information content (AvgIpc) is 3.60. The van der Waals surface area contributed by atoms with Gasteiger partial charge in [-0.1, -0.05) is 18.2 Å². The molecule has 0 saturated heterocycles. The molecule has 0 aliphatic heterocycles. The quantitative estimate of drug-likeness (QED) is 0.618. The molecular formula is C21H23N3O4S. The summed E-state index contributed by atoms with van der Waals surface area (Å²) in [6, 6.07) is 13.3. The van der Waals surface area contributed by atoms with Crippen molar-refractivity contribution >= 4 is 27.5 Å². The molecule has 2 amide bonds. The Kier molecular flexibility index (Phi) is 5.38. The SMILES string of the molecule is O=C(NCc1cccc(NC(=O)C2CC2)c1)c1cccc(S(=O)(=O)NC2CC2)c1. The lowest BCUT2D eigenvalue weighted by Crippen LogP contribution is -2.27. The van der Waals surface area contributed by atoms with Gasteiger partial charge in [0.05, 0.1) is 4.90 Å². The van der Waals surface area contributed by atoms with Gasteiger partial charge in [0.2, 0.25) is 15.9 Å². The minimum atomic E-state index is -3.61. The Morgan fingerprint density at radius 3 is 2.45 bits per heavy atom. The summed E-state index contributed by atoms with van der Waals surface area (Å²) in [5.74, 6) is -0.207. The van der Waals surface area contributed by atoms with Crippen LogP contribution in [0.25, 0.3) is 0 Å². The Hall–Kier alpha value is -2.71. The van der Waals surface area contributed by atoms with Gasteiger partial charge in [-0.25, -0.2) is 13.1 Å². The first-order chi connectivity index (χ1) is 13.9. The van der Waals surface area contributed by atoms with E-state index in [-0.39, 0.29) is 40.8 Å². The van der Waals surface area contributed by atoms with Crippen LogP contribution in [0.15, 0.2) is 53.4 Å². The molecular weight excluding hydrogens is 390 g/mol. The van der Waals surface area contributed by atoms with E-state index in [9.17, 15) is 18.0 Å². The van der Waals surface area contributed by atoms with Crippen LogP contribution in [0.4, 0.5) is 5.69 Å². The highest BCUT2D eigenvalue weighted by Gasteiger charge is 2.29. The van der Waals surface area contributed by atoms with Crippen LogP contribution in [0.5, 0.6) is 0 Å². The molecule has 7 nitrogen and oxygen atoms in total. The van der Waals surface area contributed by atoms with Gasteiger partial charge in [0.1, 0.15) is 0 Å². The number of benzene rings is 2. The van der Waals surface area contributed by atoms with E-state index in [1.54, 1.807) is 12.1 Å². The lowest BCUT2D eigenvalue weighted by atomic mass is 10.1. The van der Waals surface area contributed by atoms with Crippen LogP contribution in [-0.4, -0.2) is 26.3 Å². The van der Waals surface area contributed by atoms with Gasteiger partial charge < -0.3 is 10.6 Å². The van der Waals surface area contributed by atoms with E-state index in [4.69, 9.17) is 0 Å². The van der Waals surface area contributed by atoms with E-state index < -0.39 is 10.0 Å². The molecule has 0 bridgehead atoms. The van der Waals surface area contributed by atoms with Crippen molar-refractivity contribution in [3.05, 3.63) is 59.7 Å². The fraction of sp³-hybridized carbons (Fsp3) is 0.333. The maximum absolute atomic E-state index is 12.5. The summed E-state index contributed by atoms with van der Waals surface area (Å²) in [5, 5.41) is 5.68. The molecule has 0 heterocycles. The normalized spacial score (nSPS) is 16.3. The topological polar surface area (TPSA) is 104 Å². The first-order valence-corrected chi connectivity index (χ1v) is 11.2. The van der Waals surface area contributed by atoms with Gasteiger partial charge in [-0.3, -0.25) is 9.59 Å². The zero-order valence-electron chi connectivity index (χ0n) is 15.9. The highest BCUT2D eigenvalue weighted by molar-refractivity contribution is 7.89. The van der Waals surface area contributed by atoms with Crippen molar-refractivity contribution in [1.29, 1.82) is 0 Å². The summed E-state index contributed by atoms with van der Waals surface area (Å²) in [6.07, 6.45) is 3.57. The van der Waals surface area contributed by atoms with Gasteiger partial charge in [-0.05, 0) is 61.6 Å². The molecule has 4 rings (SSSR count). The fourth-order valence-corrected chi connectivity index (χ4v) is 4.28. The Morgan fingerprint density at radius 1 is 0.966 bits per heavy atom. The predicted molar refractivity (Wildman–Crippen MR) is 109 cm³/mol. The van der Waals surface area contributed by atoms with Crippen molar-refractivity contribution in [1.82, 2.24) is 10.0 Å². The number of hydrogen-bond acceptors (Lipinski definition) is 4. The second-order valence-corrected chi connectivity index (χ2v) is 9.28. The van der Waals surface area contributed by atoms with Crippen molar-refractivity contribution in [2.45, 2.75) is 43.2 Å². The second kappa shape index (κ2) is 7.96. The number of carbonyl (C=O) groups excluding carboxylic acids is 2. The van der Waals surface area contributed by atoms with Gasteiger partial charge in [0.25, 0.3) is 5.91 Å². The third-order valence-corrected chi connectivity index (χ3v) is 6.42. The molecule has 2 fully saturated rings. The zero-order chi connectivity index (χ0) is 20.4. The summed E-state index contributed by atoms with van der Waals surface area (Å²) in [5.41, 5.74) is 1.82. The highest BCUT2D eigenvalue weighted by Crippen LogP contribution is 2.30. The molecule has 2 aliphatic carbocycles. The van der Waals surface area contributed by atoms with E-state index in [0.717, 1.165) is 31.2 Å². The van der Waals surface area contributed by atoms with Crippen molar-refractivity contribution in [3.8, 4) is 0 Å². The van der Waals surface area contributed by atoms with Gasteiger partial charge in [0, 0.05) is 29.8 Å². The van der Waals surface area contributed by atoms with Crippen LogP contribution in [-0.2, 0) is 21.4 Å². The lowest BCUT2D eigenvalue weighted by Gasteiger charge is -2.10. The van der Waals surface area contributed by atoms with Crippen LogP contribution in [0.2, 0.25) is 0 Å². The number of sulfonamides is 1. The zero-order valence-corrected chi connectivity index (χ0v) is 16.7. The van der Waals surface area contributed by atoms with Gasteiger partial charge >= 0.3 is 0 Å². The van der Waals surface area contributed by atoms with Gasteiger partial charge in [-0.15, -0.1) is 0 Å². The summed E-state index contributed by atoms with van der Waals surface area (Å²) in [7, 11) is -3.61. The largest absolute Gasteiger partial charge is 0.348 e. The van der Waals surface area contributed by atoms with E-state index in [1.165, 1.54) is 12.1 Å². The van der Waals surface area contributed by atoms with Crippen molar-refractivity contribution in [3.63, 3.8) is 0 Å². The molecule has 0 atom stereocenters. The van der Waals surface area contributed by atoms with Crippen molar-refractivity contribution in [2.24, 2.45) is 5.92 Å². The maximum Gasteiger partial charge on any atom is 0.251 e. The summed E-state index contributed by atoms with van der Waals surface area (Å²) in [6.45, 7) is 0.267. The van der Waals surface area contributed by atoms with Gasteiger partial charge in [0.15, 0.2) is 0 Å². The smallest absolute Gasteiger partial charge is 0.251 e. The molecule has 2 aromatic carbocycles. The minimum absolute atomic E-state index is 0.00478. The molecule has 0 aromatic heterocycles. The van der Waals surface area contributed by atoms with Crippen molar-refractivity contribution in [2.75, 3.05) is 5.32 Å². The Balaban J connectivity index is 1.38. The Labute approximate surface area is 169 Å². The standard InChI is InChI=1S/C21H23N3O4S/c25-20(16-4-2-6-19(12-16)29(27,28)24-17-9-10-17)22-13-14-3-1-5-18(11-14)23-21(26)15-7-8-15/h1-6,11-12,15,17,24H,7-10,13H2,(H,22,25)(H,23,26). The van der Waals surface area contributed by atoms with Crippen molar-refractivity contribution < 1.29 is 18.0 Å². The molecule has 3 N–H and O–H groups in total. The molecule has 152 valence electrons. The molecule has 29 heavy (non-hydrogen) atoms. The second-order valence-electron chi connectivity index (χ2n) is 7.57. The van der Waals surface area contributed by atoms with Crippen LogP contribution in [0.3, 0.4) is 0 Å². The number of carbonyl (C=O) groups is 2. The fourth-order valence-electron chi connectivity index (χ4n) is 2.93. The van der Waals surface area contributed by atoms with E-state index in [2.05, 4.69) is 15.4 Å². The average molecular weight is 413 g/mol. The number of anilines is 1. The third kappa shape index (κ3) is 5.21. The summed E-state index contributed by atoms with van der Waals surface area (Å²) in [4.78, 5) is 24.5. The summed E-state index contributed by atoms with van der Waals surface area (Å²) < 4.78 is 27.3. The lowest BCUT2D eigenvalue weighted by molar-refractivity contribution is -0.117. The molecule has 2 saturated carbocycles. The predicted octanol–water partition coefficient (Wildman–Crippen LogP) is 2.41. The molecule has 2 aliphatic rings. The maximum atomic E-state index is 12.5. The van der Waals surface area contributed by atoms with E-state index in [1.807, 2.05) is 24.3 Å². The molecule has 0 spiro atoms. The molecule has 0 unspecified atom stereocenters. The number of nitrogens with one attached hydrogen (secondary N) is 3. The van der Waals surface area contributed by atoms with E-state index >= 15 is 0 Å². The van der Waals surface area contributed by atoms with Crippen LogP contribution >= 0.6 is 0 Å². The van der Waals surface area contributed by atoms with E-state index in [0.29, 0.717) is 5.69 Å². The number of hydrogen-bond donors (Lipinski definition) is 3. The number of rotatable bonds is 8.